The number of hydrogen-bond acceptors (Lipinski definition) is 4. The number of fused-ring (bicyclic) bond motifs is 1. The fourth-order valence-electron chi connectivity index (χ4n) is 3.62. The summed E-state index contributed by atoms with van der Waals surface area (Å²) < 4.78 is 5.49. The van der Waals surface area contributed by atoms with E-state index in [9.17, 15) is 9.59 Å². The van der Waals surface area contributed by atoms with Gasteiger partial charge in [-0.3, -0.25) is 4.79 Å². The number of rotatable bonds is 4. The summed E-state index contributed by atoms with van der Waals surface area (Å²) in [6.07, 6.45) is 2.64. The number of carbonyl (C=O) groups is 2. The van der Waals surface area contributed by atoms with Crippen LogP contribution in [-0.2, 0) is 23.0 Å². The molecule has 1 heterocycles. The number of nitrogens with one attached hydrogen (secondary N) is 1. The van der Waals surface area contributed by atoms with Crippen LogP contribution in [0.4, 0.5) is 5.00 Å². The Morgan fingerprint density at radius 3 is 2.41 bits per heavy atom. The maximum Gasteiger partial charge on any atom is 0.341 e. The van der Waals surface area contributed by atoms with Crippen molar-refractivity contribution in [2.24, 2.45) is 5.92 Å². The van der Waals surface area contributed by atoms with Crippen LogP contribution in [-0.4, -0.2) is 18.0 Å². The summed E-state index contributed by atoms with van der Waals surface area (Å²) >= 11 is 1.52. The molecule has 4 nitrogen and oxygen atoms in total. The molecule has 0 bridgehead atoms. The van der Waals surface area contributed by atoms with Crippen LogP contribution < -0.4 is 5.32 Å². The zero-order chi connectivity index (χ0) is 21.3. The minimum absolute atomic E-state index is 0.0340. The summed E-state index contributed by atoms with van der Waals surface area (Å²) in [4.78, 5) is 26.9. The first-order valence-corrected chi connectivity index (χ1v) is 11.1. The summed E-state index contributed by atoms with van der Waals surface area (Å²) in [7, 11) is 0. The third kappa shape index (κ3) is 4.89. The molecule has 1 aliphatic carbocycles. The fraction of sp³-hybridized carbons (Fsp3) is 0.500. The van der Waals surface area contributed by atoms with Crippen LogP contribution >= 0.6 is 11.3 Å². The van der Waals surface area contributed by atoms with Gasteiger partial charge in [0.1, 0.15) is 5.00 Å². The van der Waals surface area contributed by atoms with Gasteiger partial charge in [-0.25, -0.2) is 4.79 Å². The summed E-state index contributed by atoms with van der Waals surface area (Å²) in [6.45, 7) is 12.3. The summed E-state index contributed by atoms with van der Waals surface area (Å²) in [5, 5.41) is 3.60. The van der Waals surface area contributed by atoms with Crippen LogP contribution in [0.2, 0.25) is 0 Å². The number of anilines is 1. The molecule has 1 amide bonds. The van der Waals surface area contributed by atoms with Crippen molar-refractivity contribution in [3.63, 3.8) is 0 Å². The average Bonchev–Trinajstić information content (AvgIpc) is 2.97. The van der Waals surface area contributed by atoms with Crippen LogP contribution in [0.3, 0.4) is 0 Å². The molecule has 0 aliphatic heterocycles. The highest BCUT2D eigenvalue weighted by Crippen LogP contribution is 2.40. The van der Waals surface area contributed by atoms with Gasteiger partial charge in [-0.05, 0) is 67.7 Å². The lowest BCUT2D eigenvalue weighted by Crippen LogP contribution is -2.19. The number of amides is 1. The van der Waals surface area contributed by atoms with Crippen LogP contribution in [0.5, 0.6) is 0 Å². The van der Waals surface area contributed by atoms with Crippen molar-refractivity contribution in [2.75, 3.05) is 5.32 Å². The molecule has 1 atom stereocenters. The third-order valence-corrected chi connectivity index (χ3v) is 6.47. The molecule has 1 aromatic carbocycles. The molecule has 0 saturated heterocycles. The standard InChI is InChI=1S/C24H31NO3S/c1-14(2)28-23(27)20-18-12-7-15(3)13-19(18)29-22(20)25-21(26)16-8-10-17(11-9-16)24(4,5)6/h8-11,14-15H,7,12-13H2,1-6H3,(H,25,26). The Morgan fingerprint density at radius 2 is 1.83 bits per heavy atom. The van der Waals surface area contributed by atoms with Gasteiger partial charge in [-0.2, -0.15) is 0 Å². The second-order valence-electron chi connectivity index (χ2n) is 9.29. The van der Waals surface area contributed by atoms with E-state index in [2.05, 4.69) is 33.0 Å². The minimum Gasteiger partial charge on any atom is -0.459 e. The highest BCUT2D eigenvalue weighted by Gasteiger charge is 2.29. The molecular weight excluding hydrogens is 382 g/mol. The Labute approximate surface area is 177 Å². The van der Waals surface area contributed by atoms with Gasteiger partial charge in [0, 0.05) is 10.4 Å². The van der Waals surface area contributed by atoms with Crippen molar-refractivity contribution >= 4 is 28.2 Å². The van der Waals surface area contributed by atoms with Crippen LogP contribution in [0.1, 0.15) is 84.7 Å². The van der Waals surface area contributed by atoms with Crippen molar-refractivity contribution in [2.45, 2.75) is 72.3 Å². The topological polar surface area (TPSA) is 55.4 Å². The van der Waals surface area contributed by atoms with Crippen LogP contribution in [0.25, 0.3) is 0 Å². The summed E-state index contributed by atoms with van der Waals surface area (Å²) in [5.41, 5.74) is 3.39. The number of ether oxygens (including phenoxy) is 1. The Morgan fingerprint density at radius 1 is 1.17 bits per heavy atom. The normalized spacial score (nSPS) is 16.4. The lowest BCUT2D eigenvalue weighted by molar-refractivity contribution is 0.0378. The predicted octanol–water partition coefficient (Wildman–Crippen LogP) is 5.99. The zero-order valence-electron chi connectivity index (χ0n) is 18.2. The Bertz CT molecular complexity index is 903. The fourth-order valence-corrected chi connectivity index (χ4v) is 5.02. The van der Waals surface area contributed by atoms with Gasteiger partial charge in [0.25, 0.3) is 5.91 Å². The monoisotopic (exact) mass is 413 g/mol. The van der Waals surface area contributed by atoms with E-state index < -0.39 is 0 Å². The van der Waals surface area contributed by atoms with Crippen molar-refractivity contribution in [1.29, 1.82) is 0 Å². The van der Waals surface area contributed by atoms with Crippen molar-refractivity contribution in [3.8, 4) is 0 Å². The smallest absolute Gasteiger partial charge is 0.341 e. The van der Waals surface area contributed by atoms with Crippen molar-refractivity contribution < 1.29 is 14.3 Å². The van der Waals surface area contributed by atoms with E-state index in [1.165, 1.54) is 21.8 Å². The Balaban J connectivity index is 1.89. The van der Waals surface area contributed by atoms with E-state index in [0.717, 1.165) is 24.8 Å². The van der Waals surface area contributed by atoms with Gasteiger partial charge in [-0.1, -0.05) is 39.8 Å². The number of hydrogen-bond donors (Lipinski definition) is 1. The molecule has 3 rings (SSSR count). The molecule has 0 radical (unpaired) electrons. The maximum atomic E-state index is 12.9. The average molecular weight is 414 g/mol. The largest absolute Gasteiger partial charge is 0.459 e. The number of benzene rings is 1. The first-order chi connectivity index (χ1) is 13.6. The molecule has 1 N–H and O–H groups in total. The molecule has 5 heteroatoms. The molecule has 0 saturated carbocycles. The molecule has 29 heavy (non-hydrogen) atoms. The molecule has 1 aromatic heterocycles. The number of carbonyl (C=O) groups excluding carboxylic acids is 2. The van der Waals surface area contributed by atoms with E-state index in [-0.39, 0.29) is 23.4 Å². The van der Waals surface area contributed by atoms with Gasteiger partial charge < -0.3 is 10.1 Å². The number of esters is 1. The molecule has 2 aromatic rings. The van der Waals surface area contributed by atoms with Gasteiger partial charge >= 0.3 is 5.97 Å². The molecule has 0 spiro atoms. The maximum absolute atomic E-state index is 12.9. The highest BCUT2D eigenvalue weighted by atomic mass is 32.1. The molecule has 0 fully saturated rings. The first kappa shape index (κ1) is 21.6. The third-order valence-electron chi connectivity index (χ3n) is 5.30. The second-order valence-corrected chi connectivity index (χ2v) is 10.4. The first-order valence-electron chi connectivity index (χ1n) is 10.3. The lowest BCUT2D eigenvalue weighted by atomic mass is 9.86. The van der Waals surface area contributed by atoms with Gasteiger partial charge in [0.2, 0.25) is 0 Å². The van der Waals surface area contributed by atoms with Crippen LogP contribution in [0, 0.1) is 5.92 Å². The molecule has 1 aliphatic rings. The lowest BCUT2D eigenvalue weighted by Gasteiger charge is -2.19. The van der Waals surface area contributed by atoms with Crippen molar-refractivity contribution in [1.82, 2.24) is 0 Å². The highest BCUT2D eigenvalue weighted by molar-refractivity contribution is 7.17. The van der Waals surface area contributed by atoms with Crippen molar-refractivity contribution in [3.05, 3.63) is 51.4 Å². The van der Waals surface area contributed by atoms with E-state index >= 15 is 0 Å². The minimum atomic E-state index is -0.342. The number of thiophene rings is 1. The summed E-state index contributed by atoms with van der Waals surface area (Å²) in [6, 6.07) is 7.67. The van der Waals surface area contributed by atoms with Gasteiger partial charge in [0.15, 0.2) is 0 Å². The molecular formula is C24H31NO3S. The second kappa shape index (κ2) is 8.31. The van der Waals surface area contributed by atoms with Gasteiger partial charge in [0.05, 0.1) is 11.7 Å². The van der Waals surface area contributed by atoms with E-state index in [0.29, 0.717) is 22.0 Å². The van der Waals surface area contributed by atoms with Gasteiger partial charge in [-0.15, -0.1) is 11.3 Å². The predicted molar refractivity (Wildman–Crippen MR) is 119 cm³/mol. The molecule has 1 unspecified atom stereocenters. The van der Waals surface area contributed by atoms with Crippen LogP contribution in [0.15, 0.2) is 24.3 Å². The quantitative estimate of drug-likeness (QED) is 0.627. The zero-order valence-corrected chi connectivity index (χ0v) is 19.0. The summed E-state index contributed by atoms with van der Waals surface area (Å²) in [5.74, 6) is 0.0461. The SMILES string of the molecule is CC1CCc2c(sc(NC(=O)c3ccc(C(C)(C)C)cc3)c2C(=O)OC(C)C)C1. The Hall–Kier alpha value is -2.14. The van der Waals surface area contributed by atoms with E-state index in [4.69, 9.17) is 4.74 Å². The molecule has 156 valence electrons. The van der Waals surface area contributed by atoms with E-state index in [1.54, 1.807) is 0 Å². The van der Waals surface area contributed by atoms with E-state index in [1.807, 2.05) is 38.1 Å². The Kier molecular flexibility index (Phi) is 6.18.